The third-order valence-corrected chi connectivity index (χ3v) is 4.14. The number of ether oxygens (including phenoxy) is 1. The molecule has 30 heavy (non-hydrogen) atoms. The number of imide groups is 1. The Balaban J connectivity index is 1.70. The molecule has 0 radical (unpaired) electrons. The minimum absolute atomic E-state index is 0.0428. The number of benzene rings is 1. The number of nitrogens with one attached hydrogen (secondary N) is 2. The zero-order chi connectivity index (χ0) is 21.9. The molecule has 12 heteroatoms. The fraction of sp³-hybridized carbons (Fsp3) is 0.389. The fourth-order valence-corrected chi connectivity index (χ4v) is 2.62. The number of carbonyl (C=O) groups is 3. The van der Waals surface area contributed by atoms with Crippen molar-refractivity contribution in [2.75, 3.05) is 13.1 Å². The van der Waals surface area contributed by atoms with Gasteiger partial charge in [-0.3, -0.25) is 14.6 Å². The van der Waals surface area contributed by atoms with Crippen molar-refractivity contribution in [1.82, 2.24) is 15.7 Å². The average Bonchev–Trinajstić information content (AvgIpc) is 3.02. The van der Waals surface area contributed by atoms with Crippen LogP contribution in [0.2, 0.25) is 0 Å². The molecule has 0 unspecified atom stereocenters. The van der Waals surface area contributed by atoms with Gasteiger partial charge in [0.05, 0.1) is 0 Å². The second-order valence-electron chi connectivity index (χ2n) is 6.30. The number of amides is 3. The van der Waals surface area contributed by atoms with Crippen LogP contribution in [0.3, 0.4) is 0 Å². The predicted octanol–water partition coefficient (Wildman–Crippen LogP) is 0.0314. The summed E-state index contributed by atoms with van der Waals surface area (Å²) in [5.41, 5.74) is 12.1. The Morgan fingerprint density at radius 3 is 2.57 bits per heavy atom. The van der Waals surface area contributed by atoms with E-state index in [0.717, 1.165) is 11.1 Å². The number of carbonyl (C=O) groups excluding carboxylic acids is 3. The molecule has 11 nitrogen and oxygen atoms in total. The van der Waals surface area contributed by atoms with E-state index in [0.29, 0.717) is 24.6 Å². The quantitative estimate of drug-likeness (QED) is 0.138. The van der Waals surface area contributed by atoms with Crippen LogP contribution < -0.4 is 22.1 Å². The first-order valence-corrected chi connectivity index (χ1v) is 9.61. The van der Waals surface area contributed by atoms with Crippen molar-refractivity contribution >= 4 is 41.3 Å². The Morgan fingerprint density at radius 2 is 1.87 bits per heavy atom. The van der Waals surface area contributed by atoms with Crippen LogP contribution in [0.5, 0.6) is 0 Å². The second kappa shape index (κ2) is 11.6. The molecule has 1 fully saturated rings. The van der Waals surface area contributed by atoms with Gasteiger partial charge in [0.25, 0.3) is 17.0 Å². The van der Waals surface area contributed by atoms with E-state index in [4.69, 9.17) is 33.3 Å². The molecule has 3 amide bonds. The number of rotatable bonds is 9. The summed E-state index contributed by atoms with van der Waals surface area (Å²) in [7, 11) is 0. The molecule has 0 atom stereocenters. The predicted molar refractivity (Wildman–Crippen MR) is 112 cm³/mol. The van der Waals surface area contributed by atoms with Crippen molar-refractivity contribution in [3.63, 3.8) is 0 Å². The molecule has 162 valence electrons. The van der Waals surface area contributed by atoms with E-state index in [1.54, 1.807) is 12.1 Å². The van der Waals surface area contributed by atoms with Gasteiger partial charge in [-0.2, -0.15) is 0 Å². The largest absolute Gasteiger partial charge is 0.466 e. The summed E-state index contributed by atoms with van der Waals surface area (Å²) in [4.78, 5) is 43.3. The zero-order valence-electron chi connectivity index (χ0n) is 16.3. The van der Waals surface area contributed by atoms with Crippen molar-refractivity contribution in [2.24, 2.45) is 16.5 Å². The number of aliphatic imine (C=N–C) groups is 1. The maximum absolute atomic E-state index is 11.8. The van der Waals surface area contributed by atoms with Gasteiger partial charge in [-0.25, -0.2) is 4.79 Å². The molecule has 0 aromatic heterocycles. The summed E-state index contributed by atoms with van der Waals surface area (Å²) in [5.74, 6) is -1.01. The summed E-state index contributed by atoms with van der Waals surface area (Å²) in [6.07, 6.45) is -0.0957. The number of hydrogen-bond acceptors (Lipinski definition) is 7. The lowest BCUT2D eigenvalue weighted by Gasteiger charge is -2.13. The maximum Gasteiger partial charge on any atom is 0.432 e. The van der Waals surface area contributed by atoms with Crippen LogP contribution in [0.15, 0.2) is 29.3 Å². The van der Waals surface area contributed by atoms with E-state index in [-0.39, 0.29) is 37.1 Å². The van der Waals surface area contributed by atoms with Gasteiger partial charge in [-0.15, -0.1) is 5.06 Å². The summed E-state index contributed by atoms with van der Waals surface area (Å²) in [5, 5.41) is 6.19. The van der Waals surface area contributed by atoms with Gasteiger partial charge in [0.15, 0.2) is 5.96 Å². The van der Waals surface area contributed by atoms with E-state index < -0.39 is 17.9 Å². The highest BCUT2D eigenvalue weighted by molar-refractivity contribution is 7.80. The number of nitrogens with two attached hydrogens (primary N) is 2. The highest BCUT2D eigenvalue weighted by Gasteiger charge is 2.32. The molecular weight excluding hydrogens is 412 g/mol. The number of thiocarbonyl (C=S) groups is 1. The standard InChI is InChI=1S/C18H24N6O5S/c19-16(20)21-7-2-8-22-18(30)28-11-13-4-1-3-12(9-13)10-23-17(27)29-24-14(25)5-6-15(24)26/h1,3-4,9H,2,5-8,10-11H2,(H,22,30)(H,23,27)(H4,19,20,21). The lowest BCUT2D eigenvalue weighted by atomic mass is 10.1. The van der Waals surface area contributed by atoms with Crippen LogP contribution in [-0.2, 0) is 32.3 Å². The molecule has 0 aliphatic carbocycles. The van der Waals surface area contributed by atoms with Crippen LogP contribution in [0.25, 0.3) is 0 Å². The molecule has 1 heterocycles. The highest BCUT2D eigenvalue weighted by atomic mass is 32.1. The number of guanidine groups is 1. The van der Waals surface area contributed by atoms with E-state index in [1.807, 2.05) is 12.1 Å². The summed E-state index contributed by atoms with van der Waals surface area (Å²) >= 11 is 5.11. The molecule has 1 aromatic carbocycles. The van der Waals surface area contributed by atoms with Crippen LogP contribution in [0, 0.1) is 0 Å². The van der Waals surface area contributed by atoms with Gasteiger partial charge in [0, 0.05) is 32.5 Å². The molecule has 1 aliphatic heterocycles. The first kappa shape index (κ1) is 22.9. The van der Waals surface area contributed by atoms with Crippen LogP contribution in [0.4, 0.5) is 4.79 Å². The summed E-state index contributed by atoms with van der Waals surface area (Å²) in [6, 6.07) is 7.29. The first-order valence-electron chi connectivity index (χ1n) is 9.20. The van der Waals surface area contributed by atoms with Crippen molar-refractivity contribution in [3.05, 3.63) is 35.4 Å². The lowest BCUT2D eigenvalue weighted by Crippen LogP contribution is -2.36. The van der Waals surface area contributed by atoms with Crippen LogP contribution in [-0.4, -0.2) is 47.2 Å². The van der Waals surface area contributed by atoms with Gasteiger partial charge in [-0.05, 0) is 29.8 Å². The van der Waals surface area contributed by atoms with Gasteiger partial charge in [0.1, 0.15) is 6.61 Å². The highest BCUT2D eigenvalue weighted by Crippen LogP contribution is 2.12. The molecular formula is C18H24N6O5S. The van der Waals surface area contributed by atoms with E-state index in [9.17, 15) is 14.4 Å². The number of nitrogens with zero attached hydrogens (tertiary/aromatic N) is 2. The molecule has 2 rings (SSSR count). The average molecular weight is 436 g/mol. The summed E-state index contributed by atoms with van der Waals surface area (Å²) in [6.45, 7) is 1.46. The lowest BCUT2D eigenvalue weighted by molar-refractivity contribution is -0.171. The Hall–Kier alpha value is -3.41. The van der Waals surface area contributed by atoms with Crippen LogP contribution >= 0.6 is 12.2 Å². The molecule has 1 saturated heterocycles. The molecule has 1 aromatic rings. The molecule has 0 bridgehead atoms. The van der Waals surface area contributed by atoms with E-state index in [1.165, 1.54) is 0 Å². The van der Waals surface area contributed by atoms with Crippen molar-refractivity contribution in [2.45, 2.75) is 32.4 Å². The van der Waals surface area contributed by atoms with Gasteiger partial charge in [-0.1, -0.05) is 24.3 Å². The number of hydrogen-bond donors (Lipinski definition) is 4. The van der Waals surface area contributed by atoms with Crippen molar-refractivity contribution in [1.29, 1.82) is 0 Å². The fourth-order valence-electron chi connectivity index (χ4n) is 2.45. The topological polar surface area (TPSA) is 161 Å². The molecule has 0 spiro atoms. The monoisotopic (exact) mass is 436 g/mol. The normalized spacial score (nSPS) is 13.0. The Kier molecular flexibility index (Phi) is 8.81. The van der Waals surface area contributed by atoms with Gasteiger partial charge < -0.3 is 31.7 Å². The third kappa shape index (κ3) is 7.91. The Morgan fingerprint density at radius 1 is 1.17 bits per heavy atom. The maximum atomic E-state index is 11.8. The SMILES string of the molecule is NC(N)=NCCCNC(=S)OCc1cccc(CNC(=O)ON2C(=O)CCC2=O)c1. The second-order valence-corrected chi connectivity index (χ2v) is 6.67. The van der Waals surface area contributed by atoms with Crippen LogP contribution in [0.1, 0.15) is 30.4 Å². The zero-order valence-corrected chi connectivity index (χ0v) is 17.1. The van der Waals surface area contributed by atoms with Crippen molar-refractivity contribution < 1.29 is 24.0 Å². The van der Waals surface area contributed by atoms with Gasteiger partial charge >= 0.3 is 6.09 Å². The molecule has 1 aliphatic rings. The number of hydroxylamine groups is 2. The van der Waals surface area contributed by atoms with E-state index >= 15 is 0 Å². The smallest absolute Gasteiger partial charge is 0.432 e. The minimum Gasteiger partial charge on any atom is -0.466 e. The summed E-state index contributed by atoms with van der Waals surface area (Å²) < 4.78 is 5.49. The molecule has 6 N–H and O–H groups in total. The Labute approximate surface area is 178 Å². The minimum atomic E-state index is -0.883. The van der Waals surface area contributed by atoms with Crippen molar-refractivity contribution in [3.8, 4) is 0 Å². The Bertz CT molecular complexity index is 811. The van der Waals surface area contributed by atoms with Gasteiger partial charge in [0.2, 0.25) is 0 Å². The molecule has 0 saturated carbocycles. The first-order chi connectivity index (χ1) is 14.3. The van der Waals surface area contributed by atoms with E-state index in [2.05, 4.69) is 15.6 Å². The third-order valence-electron chi connectivity index (χ3n) is 3.88.